The number of carbonyl (C=O) groups excluding carboxylic acids is 1. The fourth-order valence-electron chi connectivity index (χ4n) is 3.24. The first-order chi connectivity index (χ1) is 10.1. The Morgan fingerprint density at radius 2 is 2.05 bits per heavy atom. The van der Waals surface area contributed by atoms with Crippen LogP contribution in [0, 0.1) is 0 Å². The monoisotopic (exact) mass is 289 g/mol. The number of anilines is 2. The van der Waals surface area contributed by atoms with Gasteiger partial charge < -0.3 is 15.4 Å². The molecule has 114 valence electrons. The third kappa shape index (κ3) is 3.29. The zero-order valence-corrected chi connectivity index (χ0v) is 12.6. The molecule has 2 heterocycles. The van der Waals surface area contributed by atoms with Crippen LogP contribution in [0.3, 0.4) is 0 Å². The Labute approximate surface area is 125 Å². The lowest BCUT2D eigenvalue weighted by Crippen LogP contribution is -2.36. The molecule has 2 fully saturated rings. The number of carbonyl (C=O) groups is 1. The van der Waals surface area contributed by atoms with Gasteiger partial charge in [-0.1, -0.05) is 6.07 Å². The van der Waals surface area contributed by atoms with Crippen LogP contribution in [0.2, 0.25) is 0 Å². The molecule has 0 aromatic heterocycles. The third-order valence-electron chi connectivity index (χ3n) is 4.08. The van der Waals surface area contributed by atoms with Gasteiger partial charge in [0.05, 0.1) is 12.2 Å². The van der Waals surface area contributed by atoms with Gasteiger partial charge in [0.2, 0.25) is 0 Å². The van der Waals surface area contributed by atoms with Crippen LogP contribution in [-0.2, 0) is 4.74 Å². The summed E-state index contributed by atoms with van der Waals surface area (Å²) in [5.41, 5.74) is 2.02. The molecule has 0 spiro atoms. The van der Waals surface area contributed by atoms with E-state index in [-0.39, 0.29) is 6.03 Å². The maximum Gasteiger partial charge on any atom is 0.321 e. The van der Waals surface area contributed by atoms with Crippen LogP contribution >= 0.6 is 0 Å². The molecular formula is C16H23N3O2. The van der Waals surface area contributed by atoms with E-state index in [9.17, 15) is 4.79 Å². The van der Waals surface area contributed by atoms with Gasteiger partial charge in [-0.15, -0.1) is 0 Å². The number of rotatable bonds is 3. The predicted octanol–water partition coefficient (Wildman–Crippen LogP) is 2.58. The third-order valence-corrected chi connectivity index (χ3v) is 4.08. The second kappa shape index (κ2) is 5.93. The van der Waals surface area contributed by atoms with E-state index in [1.165, 1.54) is 0 Å². The molecule has 2 N–H and O–H groups in total. The second-order valence-electron chi connectivity index (χ2n) is 6.00. The normalized spacial score (nSPS) is 29.3. The summed E-state index contributed by atoms with van der Waals surface area (Å²) in [6, 6.07) is 8.49. The Kier molecular flexibility index (Phi) is 4.01. The van der Waals surface area contributed by atoms with E-state index in [1.54, 1.807) is 4.90 Å². The van der Waals surface area contributed by atoms with Gasteiger partial charge in [-0.05, 0) is 44.9 Å². The fraction of sp³-hybridized carbons (Fsp3) is 0.562. The molecule has 0 aliphatic carbocycles. The summed E-state index contributed by atoms with van der Waals surface area (Å²) in [5, 5.41) is 6.41. The molecule has 2 amide bonds. The average molecular weight is 289 g/mol. The van der Waals surface area contributed by atoms with E-state index in [0.717, 1.165) is 30.8 Å². The lowest BCUT2D eigenvalue weighted by Gasteiger charge is -2.33. The van der Waals surface area contributed by atoms with Gasteiger partial charge >= 0.3 is 6.03 Å². The highest BCUT2D eigenvalue weighted by Gasteiger charge is 2.25. The minimum atomic E-state index is -0.0135. The van der Waals surface area contributed by atoms with Crippen LogP contribution in [0.1, 0.15) is 26.7 Å². The first kappa shape index (κ1) is 14.2. The molecule has 3 rings (SSSR count). The predicted molar refractivity (Wildman–Crippen MR) is 83.8 cm³/mol. The molecule has 2 saturated heterocycles. The van der Waals surface area contributed by atoms with Crippen molar-refractivity contribution in [1.29, 1.82) is 0 Å². The Bertz CT molecular complexity index is 510. The summed E-state index contributed by atoms with van der Waals surface area (Å²) in [7, 11) is 0. The van der Waals surface area contributed by atoms with Gasteiger partial charge in [0.25, 0.3) is 0 Å². The van der Waals surface area contributed by atoms with Gasteiger partial charge in [0, 0.05) is 30.5 Å². The number of amides is 2. The summed E-state index contributed by atoms with van der Waals surface area (Å²) in [6.07, 6.45) is 2.61. The van der Waals surface area contributed by atoms with E-state index in [1.807, 2.05) is 12.1 Å². The number of urea groups is 1. The van der Waals surface area contributed by atoms with Crippen molar-refractivity contribution in [2.24, 2.45) is 0 Å². The maximum atomic E-state index is 11.7. The molecule has 1 aromatic carbocycles. The zero-order chi connectivity index (χ0) is 14.8. The number of nitrogens with zero attached hydrogens (tertiary/aromatic N) is 1. The standard InChI is InChI=1S/C16H23N3O2/c1-11-8-14(9-12(2)21-11)18-13-4-3-5-15(10-13)19-7-6-17-16(19)20/h3-5,10-12,14,18H,6-9H2,1-2H3,(H,17,20). The molecule has 1 aromatic rings. The molecule has 0 saturated carbocycles. The number of benzene rings is 1. The SMILES string of the molecule is CC1CC(Nc2cccc(N3CCNC3=O)c2)CC(C)O1. The van der Waals surface area contributed by atoms with Crippen LogP contribution in [0.4, 0.5) is 16.2 Å². The highest BCUT2D eigenvalue weighted by Crippen LogP contribution is 2.25. The smallest absolute Gasteiger partial charge is 0.321 e. The first-order valence-corrected chi connectivity index (χ1v) is 7.69. The molecule has 2 aliphatic heterocycles. The largest absolute Gasteiger partial charge is 0.382 e. The first-order valence-electron chi connectivity index (χ1n) is 7.69. The fourth-order valence-corrected chi connectivity index (χ4v) is 3.24. The zero-order valence-electron chi connectivity index (χ0n) is 12.6. The average Bonchev–Trinajstić information content (AvgIpc) is 2.84. The quantitative estimate of drug-likeness (QED) is 0.899. The van der Waals surface area contributed by atoms with E-state index in [0.29, 0.717) is 24.8 Å². The lowest BCUT2D eigenvalue weighted by atomic mass is 9.99. The Morgan fingerprint density at radius 3 is 2.71 bits per heavy atom. The highest BCUT2D eigenvalue weighted by atomic mass is 16.5. The Morgan fingerprint density at radius 1 is 1.29 bits per heavy atom. The van der Waals surface area contributed by atoms with E-state index < -0.39 is 0 Å². The molecule has 0 radical (unpaired) electrons. The molecule has 2 aliphatic rings. The topological polar surface area (TPSA) is 53.6 Å². The maximum absolute atomic E-state index is 11.7. The van der Waals surface area contributed by atoms with E-state index in [4.69, 9.17) is 4.74 Å². The van der Waals surface area contributed by atoms with Crippen molar-refractivity contribution in [2.75, 3.05) is 23.3 Å². The Hall–Kier alpha value is -1.75. The van der Waals surface area contributed by atoms with Gasteiger partial charge in [-0.2, -0.15) is 0 Å². The Balaban J connectivity index is 1.70. The molecule has 5 nitrogen and oxygen atoms in total. The molecule has 2 unspecified atom stereocenters. The highest BCUT2D eigenvalue weighted by molar-refractivity contribution is 5.94. The van der Waals surface area contributed by atoms with Crippen molar-refractivity contribution in [1.82, 2.24) is 5.32 Å². The molecular weight excluding hydrogens is 266 g/mol. The van der Waals surface area contributed by atoms with Gasteiger partial charge in [0.15, 0.2) is 0 Å². The summed E-state index contributed by atoms with van der Waals surface area (Å²) in [4.78, 5) is 13.5. The summed E-state index contributed by atoms with van der Waals surface area (Å²) < 4.78 is 5.77. The lowest BCUT2D eigenvalue weighted by molar-refractivity contribution is -0.0337. The van der Waals surface area contributed by atoms with Crippen molar-refractivity contribution in [3.05, 3.63) is 24.3 Å². The van der Waals surface area contributed by atoms with Gasteiger partial charge in [-0.3, -0.25) is 4.90 Å². The number of hydrogen-bond acceptors (Lipinski definition) is 3. The van der Waals surface area contributed by atoms with Crippen molar-refractivity contribution >= 4 is 17.4 Å². The van der Waals surface area contributed by atoms with Crippen LogP contribution in [0.25, 0.3) is 0 Å². The van der Waals surface area contributed by atoms with Crippen molar-refractivity contribution in [2.45, 2.75) is 44.9 Å². The molecule has 21 heavy (non-hydrogen) atoms. The number of nitrogens with one attached hydrogen (secondary N) is 2. The minimum Gasteiger partial charge on any atom is -0.382 e. The van der Waals surface area contributed by atoms with E-state index >= 15 is 0 Å². The molecule has 0 bridgehead atoms. The van der Waals surface area contributed by atoms with Crippen molar-refractivity contribution < 1.29 is 9.53 Å². The van der Waals surface area contributed by atoms with Crippen molar-refractivity contribution in [3.63, 3.8) is 0 Å². The van der Waals surface area contributed by atoms with Crippen LogP contribution in [0.5, 0.6) is 0 Å². The van der Waals surface area contributed by atoms with E-state index in [2.05, 4.69) is 36.6 Å². The van der Waals surface area contributed by atoms with Crippen molar-refractivity contribution in [3.8, 4) is 0 Å². The number of hydrogen-bond donors (Lipinski definition) is 2. The summed E-state index contributed by atoms with van der Waals surface area (Å²) in [5.74, 6) is 0. The molecule has 5 heteroatoms. The van der Waals surface area contributed by atoms with Gasteiger partial charge in [0.1, 0.15) is 0 Å². The van der Waals surface area contributed by atoms with Crippen LogP contribution in [0.15, 0.2) is 24.3 Å². The second-order valence-corrected chi connectivity index (χ2v) is 6.00. The molecule has 2 atom stereocenters. The summed E-state index contributed by atoms with van der Waals surface area (Å²) >= 11 is 0. The summed E-state index contributed by atoms with van der Waals surface area (Å²) in [6.45, 7) is 5.68. The van der Waals surface area contributed by atoms with Gasteiger partial charge in [-0.25, -0.2) is 4.79 Å². The minimum absolute atomic E-state index is 0.0135. The van der Waals surface area contributed by atoms with Crippen LogP contribution in [-0.4, -0.2) is 37.4 Å². The number of ether oxygens (including phenoxy) is 1. The van der Waals surface area contributed by atoms with Crippen LogP contribution < -0.4 is 15.5 Å².